The molecule has 0 radical (unpaired) electrons. The highest BCUT2D eigenvalue weighted by Gasteiger charge is 2.31. The summed E-state index contributed by atoms with van der Waals surface area (Å²) in [5.74, 6) is -1.91. The summed E-state index contributed by atoms with van der Waals surface area (Å²) in [5.41, 5.74) is -0.878. The third kappa shape index (κ3) is 3.25. The van der Waals surface area contributed by atoms with Gasteiger partial charge < -0.3 is 4.74 Å². The highest BCUT2D eigenvalue weighted by atomic mass is 19.4. The zero-order chi connectivity index (χ0) is 17.3. The molecule has 0 saturated heterocycles. The largest absolute Gasteiger partial charge is 0.477 e. The van der Waals surface area contributed by atoms with E-state index in [2.05, 4.69) is 4.99 Å². The monoisotopic (exact) mass is 341 g/mol. The van der Waals surface area contributed by atoms with Gasteiger partial charge in [-0.25, -0.2) is 13.8 Å². The standard InChI is InChI=1S/C17H12F5NO/c18-12-5-2-6-13(19)15(12)16-23-14(7-8-24-16)10-3-1-4-11(9-10)17(20,21)22/h1-6,9,14H,7-8H2. The van der Waals surface area contributed by atoms with Crippen LogP contribution in [0.3, 0.4) is 0 Å². The molecule has 0 amide bonds. The van der Waals surface area contributed by atoms with Gasteiger partial charge in [0.2, 0.25) is 5.90 Å². The number of ether oxygens (including phenoxy) is 1. The molecule has 0 fully saturated rings. The molecule has 0 aliphatic carbocycles. The summed E-state index contributed by atoms with van der Waals surface area (Å²) in [6, 6.07) is 7.43. The van der Waals surface area contributed by atoms with Gasteiger partial charge in [0.1, 0.15) is 17.2 Å². The molecule has 1 heterocycles. The Hall–Kier alpha value is -2.44. The fourth-order valence-electron chi connectivity index (χ4n) is 2.51. The van der Waals surface area contributed by atoms with Gasteiger partial charge in [-0.2, -0.15) is 13.2 Å². The predicted molar refractivity (Wildman–Crippen MR) is 77.6 cm³/mol. The van der Waals surface area contributed by atoms with Crippen molar-refractivity contribution in [1.82, 2.24) is 0 Å². The first-order valence-electron chi connectivity index (χ1n) is 7.18. The van der Waals surface area contributed by atoms with Gasteiger partial charge in [-0.3, -0.25) is 0 Å². The Bertz CT molecular complexity index is 765. The minimum absolute atomic E-state index is 0.105. The Kier molecular flexibility index (Phi) is 4.26. The van der Waals surface area contributed by atoms with Gasteiger partial charge >= 0.3 is 6.18 Å². The number of hydrogen-bond donors (Lipinski definition) is 0. The van der Waals surface area contributed by atoms with E-state index in [1.165, 1.54) is 18.2 Å². The lowest BCUT2D eigenvalue weighted by molar-refractivity contribution is -0.137. The molecule has 24 heavy (non-hydrogen) atoms. The molecule has 0 bridgehead atoms. The van der Waals surface area contributed by atoms with Gasteiger partial charge in [0.05, 0.1) is 18.2 Å². The lowest BCUT2D eigenvalue weighted by Gasteiger charge is -2.22. The van der Waals surface area contributed by atoms with E-state index in [1.807, 2.05) is 0 Å². The van der Waals surface area contributed by atoms with Crippen LogP contribution in [0.1, 0.15) is 29.2 Å². The number of benzene rings is 2. The van der Waals surface area contributed by atoms with E-state index < -0.39 is 35.0 Å². The molecule has 126 valence electrons. The molecule has 1 unspecified atom stereocenters. The SMILES string of the molecule is Fc1cccc(F)c1C1=NC(c2cccc(C(F)(F)F)c2)CCO1. The van der Waals surface area contributed by atoms with E-state index in [0.717, 1.165) is 24.3 Å². The van der Waals surface area contributed by atoms with Crippen LogP contribution in [0, 0.1) is 11.6 Å². The highest BCUT2D eigenvalue weighted by Crippen LogP contribution is 2.33. The Morgan fingerprint density at radius 2 is 1.67 bits per heavy atom. The third-order valence-corrected chi connectivity index (χ3v) is 3.68. The van der Waals surface area contributed by atoms with Crippen molar-refractivity contribution < 1.29 is 26.7 Å². The summed E-state index contributed by atoms with van der Waals surface area (Å²) in [6.45, 7) is 0.105. The fraction of sp³-hybridized carbons (Fsp3) is 0.235. The second-order valence-corrected chi connectivity index (χ2v) is 5.31. The zero-order valence-corrected chi connectivity index (χ0v) is 12.3. The third-order valence-electron chi connectivity index (χ3n) is 3.68. The summed E-state index contributed by atoms with van der Waals surface area (Å²) in [4.78, 5) is 4.11. The Morgan fingerprint density at radius 1 is 1.00 bits per heavy atom. The lowest BCUT2D eigenvalue weighted by Crippen LogP contribution is -2.20. The summed E-state index contributed by atoms with van der Waals surface area (Å²) in [5, 5.41) is 0. The molecule has 0 saturated carbocycles. The lowest BCUT2D eigenvalue weighted by atomic mass is 10.0. The molecule has 2 nitrogen and oxygen atoms in total. The first-order chi connectivity index (χ1) is 11.4. The topological polar surface area (TPSA) is 21.6 Å². The number of rotatable bonds is 2. The molecule has 1 atom stereocenters. The summed E-state index contributed by atoms with van der Waals surface area (Å²) in [6.07, 6.45) is -4.15. The molecular formula is C17H12F5NO. The number of aliphatic imine (C=N–C) groups is 1. The maximum Gasteiger partial charge on any atom is 0.416 e. The van der Waals surface area contributed by atoms with Crippen LogP contribution in [-0.4, -0.2) is 12.5 Å². The first-order valence-corrected chi connectivity index (χ1v) is 7.18. The highest BCUT2D eigenvalue weighted by molar-refractivity contribution is 5.95. The quantitative estimate of drug-likeness (QED) is 0.713. The van der Waals surface area contributed by atoms with Gasteiger partial charge in [-0.1, -0.05) is 18.2 Å². The minimum Gasteiger partial charge on any atom is -0.477 e. The predicted octanol–water partition coefficient (Wildman–Crippen LogP) is 4.89. The molecule has 1 aliphatic rings. The van der Waals surface area contributed by atoms with Crippen LogP contribution in [0.5, 0.6) is 0 Å². The normalized spacial score (nSPS) is 18.0. The van der Waals surface area contributed by atoms with Crippen LogP contribution in [0.25, 0.3) is 0 Å². The van der Waals surface area contributed by atoms with E-state index in [9.17, 15) is 22.0 Å². The van der Waals surface area contributed by atoms with Crippen molar-refractivity contribution >= 4 is 5.90 Å². The average Bonchev–Trinajstić information content (AvgIpc) is 2.54. The number of nitrogens with zero attached hydrogens (tertiary/aromatic N) is 1. The van der Waals surface area contributed by atoms with Gasteiger partial charge in [-0.05, 0) is 29.8 Å². The van der Waals surface area contributed by atoms with Crippen molar-refractivity contribution in [3.05, 3.63) is 70.8 Å². The van der Waals surface area contributed by atoms with Crippen molar-refractivity contribution in [3.63, 3.8) is 0 Å². The average molecular weight is 341 g/mol. The van der Waals surface area contributed by atoms with Crippen LogP contribution < -0.4 is 0 Å². The van der Waals surface area contributed by atoms with Crippen LogP contribution in [-0.2, 0) is 10.9 Å². The van der Waals surface area contributed by atoms with Crippen LogP contribution >= 0.6 is 0 Å². The van der Waals surface area contributed by atoms with Crippen LogP contribution in [0.4, 0.5) is 22.0 Å². The fourth-order valence-corrected chi connectivity index (χ4v) is 2.51. The van der Waals surface area contributed by atoms with E-state index in [-0.39, 0.29) is 12.5 Å². The van der Waals surface area contributed by atoms with Gasteiger partial charge in [0.25, 0.3) is 0 Å². The second kappa shape index (κ2) is 6.22. The smallest absolute Gasteiger partial charge is 0.416 e. The molecular weight excluding hydrogens is 329 g/mol. The summed E-state index contributed by atoms with van der Waals surface area (Å²) in [7, 11) is 0. The first kappa shape index (κ1) is 16.4. The summed E-state index contributed by atoms with van der Waals surface area (Å²) >= 11 is 0. The summed E-state index contributed by atoms with van der Waals surface area (Å²) < 4.78 is 71.4. The van der Waals surface area contributed by atoms with Crippen molar-refractivity contribution in [1.29, 1.82) is 0 Å². The minimum atomic E-state index is -4.47. The molecule has 0 aromatic heterocycles. The van der Waals surface area contributed by atoms with E-state index >= 15 is 0 Å². The Labute approximate surface area is 134 Å². The van der Waals surface area contributed by atoms with E-state index in [1.54, 1.807) is 0 Å². The molecule has 7 heteroatoms. The molecule has 3 rings (SSSR count). The Morgan fingerprint density at radius 3 is 2.33 bits per heavy atom. The van der Waals surface area contributed by atoms with E-state index in [4.69, 9.17) is 4.74 Å². The van der Waals surface area contributed by atoms with Gasteiger partial charge in [0, 0.05) is 6.42 Å². The number of hydrogen-bond acceptors (Lipinski definition) is 2. The number of halogens is 5. The molecule has 2 aromatic carbocycles. The van der Waals surface area contributed by atoms with Crippen molar-refractivity contribution in [2.24, 2.45) is 4.99 Å². The molecule has 0 N–H and O–H groups in total. The van der Waals surface area contributed by atoms with Gasteiger partial charge in [-0.15, -0.1) is 0 Å². The van der Waals surface area contributed by atoms with Crippen molar-refractivity contribution in [2.75, 3.05) is 6.61 Å². The molecule has 1 aliphatic heterocycles. The van der Waals surface area contributed by atoms with Crippen LogP contribution in [0.15, 0.2) is 47.5 Å². The van der Waals surface area contributed by atoms with Crippen LogP contribution in [0.2, 0.25) is 0 Å². The Balaban J connectivity index is 1.99. The van der Waals surface area contributed by atoms with Crippen molar-refractivity contribution in [2.45, 2.75) is 18.6 Å². The molecule has 2 aromatic rings. The second-order valence-electron chi connectivity index (χ2n) is 5.31. The molecule has 0 spiro atoms. The maximum absolute atomic E-state index is 13.8. The zero-order valence-electron chi connectivity index (χ0n) is 12.3. The maximum atomic E-state index is 13.8. The van der Waals surface area contributed by atoms with Crippen molar-refractivity contribution in [3.8, 4) is 0 Å². The number of alkyl halides is 3. The van der Waals surface area contributed by atoms with E-state index in [0.29, 0.717) is 12.0 Å². The van der Waals surface area contributed by atoms with Gasteiger partial charge in [0.15, 0.2) is 0 Å².